The number of rotatable bonds is 2. The normalized spacial score (nSPS) is 21.0. The molecule has 1 aliphatic heterocycles. The molecule has 1 unspecified atom stereocenters. The van der Waals surface area contributed by atoms with Crippen LogP contribution < -0.4 is 5.73 Å². The average Bonchev–Trinajstić information content (AvgIpc) is 2.53. The summed E-state index contributed by atoms with van der Waals surface area (Å²) in [4.78, 5) is 17.6. The number of amides is 1. The van der Waals surface area contributed by atoms with Gasteiger partial charge in [0, 0.05) is 19.8 Å². The first-order valence-corrected chi connectivity index (χ1v) is 5.68. The van der Waals surface area contributed by atoms with Crippen LogP contribution in [0.25, 0.3) is 0 Å². The molecule has 5 heteroatoms. The van der Waals surface area contributed by atoms with E-state index in [9.17, 15) is 4.79 Å². The Morgan fingerprint density at radius 3 is 3.07 bits per heavy atom. The predicted molar refractivity (Wildman–Crippen MR) is 60.5 cm³/mol. The third-order valence-electron chi connectivity index (χ3n) is 2.43. The number of hydrogen-bond donors (Lipinski definition) is 1. The zero-order valence-electron chi connectivity index (χ0n) is 8.51. The van der Waals surface area contributed by atoms with E-state index in [0.717, 1.165) is 18.0 Å². The second-order valence-corrected chi connectivity index (χ2v) is 4.74. The molecular weight excluding hydrogens is 210 g/mol. The minimum atomic E-state index is -0.0211. The zero-order chi connectivity index (χ0) is 10.8. The van der Waals surface area contributed by atoms with Gasteiger partial charge in [0.15, 0.2) is 0 Å². The quantitative estimate of drug-likeness (QED) is 0.812. The number of aromatic nitrogens is 1. The zero-order valence-corrected chi connectivity index (χ0v) is 9.33. The van der Waals surface area contributed by atoms with Crippen LogP contribution in [0.3, 0.4) is 0 Å². The summed E-state index contributed by atoms with van der Waals surface area (Å²) in [6, 6.07) is 3.60. The minimum absolute atomic E-state index is 0.0211. The molecule has 0 saturated carbocycles. The van der Waals surface area contributed by atoms with Crippen molar-refractivity contribution >= 4 is 23.4 Å². The lowest BCUT2D eigenvalue weighted by Gasteiger charge is -2.10. The molecule has 4 nitrogen and oxygen atoms in total. The van der Waals surface area contributed by atoms with Crippen molar-refractivity contribution in [3.8, 4) is 0 Å². The summed E-state index contributed by atoms with van der Waals surface area (Å²) in [5, 5.41) is 0.735. The number of pyridine rings is 1. The SMILES string of the molecule is CN1CCC(Sc2ncccc2N)C1=O. The smallest absolute Gasteiger partial charge is 0.235 e. The Hall–Kier alpha value is -1.23. The Morgan fingerprint density at radius 1 is 1.67 bits per heavy atom. The van der Waals surface area contributed by atoms with Crippen LogP contribution in [-0.2, 0) is 4.79 Å². The Morgan fingerprint density at radius 2 is 2.47 bits per heavy atom. The first kappa shape index (κ1) is 10.3. The van der Waals surface area contributed by atoms with Crippen molar-refractivity contribution in [2.45, 2.75) is 16.7 Å². The largest absolute Gasteiger partial charge is 0.397 e. The monoisotopic (exact) mass is 223 g/mol. The third kappa shape index (κ3) is 2.07. The van der Waals surface area contributed by atoms with Gasteiger partial charge in [0.25, 0.3) is 0 Å². The van der Waals surface area contributed by atoms with Gasteiger partial charge in [-0.2, -0.15) is 0 Å². The molecule has 2 rings (SSSR count). The van der Waals surface area contributed by atoms with Crippen LogP contribution in [0.15, 0.2) is 23.4 Å². The van der Waals surface area contributed by atoms with Crippen molar-refractivity contribution in [2.24, 2.45) is 0 Å². The number of carbonyl (C=O) groups is 1. The molecule has 1 aromatic heterocycles. The van der Waals surface area contributed by atoms with Gasteiger partial charge in [-0.15, -0.1) is 0 Å². The first-order valence-electron chi connectivity index (χ1n) is 4.80. The molecule has 15 heavy (non-hydrogen) atoms. The van der Waals surface area contributed by atoms with E-state index in [0.29, 0.717) is 5.69 Å². The van der Waals surface area contributed by atoms with Crippen molar-refractivity contribution in [3.63, 3.8) is 0 Å². The van der Waals surface area contributed by atoms with E-state index >= 15 is 0 Å². The molecule has 0 radical (unpaired) electrons. The molecule has 1 aliphatic rings. The number of hydrogen-bond acceptors (Lipinski definition) is 4. The standard InChI is InChI=1S/C10H13N3OS/c1-13-6-4-8(10(13)14)15-9-7(11)3-2-5-12-9/h2-3,5,8H,4,6,11H2,1H3. The average molecular weight is 223 g/mol. The van der Waals surface area contributed by atoms with Gasteiger partial charge < -0.3 is 10.6 Å². The molecule has 1 amide bonds. The molecule has 0 aliphatic carbocycles. The van der Waals surface area contributed by atoms with Crippen LogP contribution >= 0.6 is 11.8 Å². The molecule has 2 N–H and O–H groups in total. The maximum atomic E-state index is 11.7. The van der Waals surface area contributed by atoms with Gasteiger partial charge in [-0.05, 0) is 18.6 Å². The summed E-state index contributed by atoms with van der Waals surface area (Å²) < 4.78 is 0. The molecule has 1 fully saturated rings. The highest BCUT2D eigenvalue weighted by atomic mass is 32.2. The van der Waals surface area contributed by atoms with Gasteiger partial charge in [0.2, 0.25) is 5.91 Å². The number of carbonyl (C=O) groups excluding carboxylic acids is 1. The van der Waals surface area contributed by atoms with E-state index in [1.807, 2.05) is 7.05 Å². The predicted octanol–water partition coefficient (Wildman–Crippen LogP) is 0.987. The molecule has 2 heterocycles. The summed E-state index contributed by atoms with van der Waals surface area (Å²) in [6.45, 7) is 0.823. The van der Waals surface area contributed by atoms with Gasteiger partial charge in [0.1, 0.15) is 5.03 Å². The summed E-state index contributed by atoms with van der Waals surface area (Å²) in [5.74, 6) is 0.171. The fourth-order valence-corrected chi connectivity index (χ4v) is 2.64. The number of anilines is 1. The van der Waals surface area contributed by atoms with Crippen molar-refractivity contribution in [1.29, 1.82) is 0 Å². The van der Waals surface area contributed by atoms with Crippen molar-refractivity contribution in [3.05, 3.63) is 18.3 Å². The maximum Gasteiger partial charge on any atom is 0.235 e. The van der Waals surface area contributed by atoms with Crippen LogP contribution in [-0.4, -0.2) is 34.6 Å². The lowest BCUT2D eigenvalue weighted by molar-refractivity contribution is -0.126. The minimum Gasteiger partial charge on any atom is -0.397 e. The fourth-order valence-electron chi connectivity index (χ4n) is 1.54. The van der Waals surface area contributed by atoms with Gasteiger partial charge in [-0.25, -0.2) is 4.98 Å². The van der Waals surface area contributed by atoms with Crippen LogP contribution in [0.2, 0.25) is 0 Å². The second-order valence-electron chi connectivity index (χ2n) is 3.55. The number of nitrogens with zero attached hydrogens (tertiary/aromatic N) is 2. The molecule has 0 bridgehead atoms. The number of nitrogens with two attached hydrogens (primary N) is 1. The van der Waals surface area contributed by atoms with Crippen LogP contribution in [0, 0.1) is 0 Å². The van der Waals surface area contributed by atoms with Gasteiger partial charge >= 0.3 is 0 Å². The van der Waals surface area contributed by atoms with Crippen LogP contribution in [0.1, 0.15) is 6.42 Å². The van der Waals surface area contributed by atoms with Crippen LogP contribution in [0.4, 0.5) is 5.69 Å². The van der Waals surface area contributed by atoms with Crippen molar-refractivity contribution in [1.82, 2.24) is 9.88 Å². The topological polar surface area (TPSA) is 59.2 Å². The third-order valence-corrected chi connectivity index (χ3v) is 3.72. The fraction of sp³-hybridized carbons (Fsp3) is 0.400. The van der Waals surface area contributed by atoms with E-state index in [-0.39, 0.29) is 11.2 Å². The molecule has 1 aromatic rings. The molecule has 0 aromatic carbocycles. The van der Waals surface area contributed by atoms with E-state index in [1.54, 1.807) is 23.2 Å². The lowest BCUT2D eigenvalue weighted by Crippen LogP contribution is -2.23. The molecule has 0 spiro atoms. The van der Waals surface area contributed by atoms with E-state index in [1.165, 1.54) is 11.8 Å². The summed E-state index contributed by atoms with van der Waals surface area (Å²) >= 11 is 1.46. The molecule has 1 atom stereocenters. The van der Waals surface area contributed by atoms with Gasteiger partial charge in [-0.1, -0.05) is 11.8 Å². The summed E-state index contributed by atoms with van der Waals surface area (Å²) in [6.07, 6.45) is 2.57. The summed E-state index contributed by atoms with van der Waals surface area (Å²) in [7, 11) is 1.82. The number of thioether (sulfide) groups is 1. The number of nitrogen functional groups attached to an aromatic ring is 1. The highest BCUT2D eigenvalue weighted by Crippen LogP contribution is 2.31. The van der Waals surface area contributed by atoms with Crippen molar-refractivity contribution in [2.75, 3.05) is 19.3 Å². The van der Waals surface area contributed by atoms with Gasteiger partial charge in [-0.3, -0.25) is 4.79 Å². The second kappa shape index (κ2) is 4.10. The van der Waals surface area contributed by atoms with E-state index < -0.39 is 0 Å². The number of likely N-dealkylation sites (tertiary alicyclic amines) is 1. The maximum absolute atomic E-state index is 11.7. The Kier molecular flexibility index (Phi) is 2.81. The lowest BCUT2D eigenvalue weighted by atomic mass is 10.4. The Balaban J connectivity index is 2.10. The van der Waals surface area contributed by atoms with E-state index in [2.05, 4.69) is 4.98 Å². The van der Waals surface area contributed by atoms with E-state index in [4.69, 9.17) is 5.73 Å². The van der Waals surface area contributed by atoms with Gasteiger partial charge in [0.05, 0.1) is 10.9 Å². The van der Waals surface area contributed by atoms with Crippen molar-refractivity contribution < 1.29 is 4.79 Å². The molecule has 1 saturated heterocycles. The highest BCUT2D eigenvalue weighted by molar-refractivity contribution is 8.00. The molecular formula is C10H13N3OS. The van der Waals surface area contributed by atoms with Crippen LogP contribution in [0.5, 0.6) is 0 Å². The molecule has 80 valence electrons. The highest BCUT2D eigenvalue weighted by Gasteiger charge is 2.30. The first-order chi connectivity index (χ1) is 7.18. The Labute approximate surface area is 92.9 Å². The summed E-state index contributed by atoms with van der Waals surface area (Å²) in [5.41, 5.74) is 6.41. The Bertz CT molecular complexity index is 383.